The molecule has 1 aromatic carbocycles. The highest BCUT2D eigenvalue weighted by atomic mass is 32.2. The van der Waals surface area contributed by atoms with Crippen LogP contribution in [0.3, 0.4) is 0 Å². The zero-order chi connectivity index (χ0) is 14.8. The SMILES string of the molecule is Cc1csc(CCNS(=O)(=O)c2c(C)cccc2N)n1. The van der Waals surface area contributed by atoms with Crippen molar-refractivity contribution < 1.29 is 8.42 Å². The molecule has 0 spiro atoms. The number of hydrogen-bond donors (Lipinski definition) is 2. The molecule has 0 radical (unpaired) electrons. The number of aryl methyl sites for hydroxylation is 2. The molecule has 0 unspecified atom stereocenters. The molecule has 108 valence electrons. The van der Waals surface area contributed by atoms with Crippen LogP contribution in [-0.4, -0.2) is 19.9 Å². The molecular formula is C13H17N3O2S2. The Morgan fingerprint density at radius 3 is 2.70 bits per heavy atom. The zero-order valence-electron chi connectivity index (χ0n) is 11.4. The van der Waals surface area contributed by atoms with Crippen molar-refractivity contribution in [3.63, 3.8) is 0 Å². The van der Waals surface area contributed by atoms with Crippen LogP contribution >= 0.6 is 11.3 Å². The molecule has 0 bridgehead atoms. The van der Waals surface area contributed by atoms with Gasteiger partial charge >= 0.3 is 0 Å². The van der Waals surface area contributed by atoms with Crippen LogP contribution in [0.2, 0.25) is 0 Å². The molecule has 0 saturated carbocycles. The molecule has 0 aliphatic rings. The summed E-state index contributed by atoms with van der Waals surface area (Å²) < 4.78 is 27.1. The number of nitrogens with one attached hydrogen (secondary N) is 1. The highest BCUT2D eigenvalue weighted by Gasteiger charge is 2.19. The minimum Gasteiger partial charge on any atom is -0.398 e. The third kappa shape index (κ3) is 3.36. The fourth-order valence-corrected chi connectivity index (χ4v) is 4.09. The number of anilines is 1. The molecule has 5 nitrogen and oxygen atoms in total. The van der Waals surface area contributed by atoms with E-state index in [1.54, 1.807) is 25.1 Å². The van der Waals surface area contributed by atoms with E-state index < -0.39 is 10.0 Å². The Balaban J connectivity index is 2.08. The number of nitrogen functional groups attached to an aromatic ring is 1. The normalized spacial score (nSPS) is 11.7. The van der Waals surface area contributed by atoms with Crippen molar-refractivity contribution in [3.05, 3.63) is 39.8 Å². The molecule has 2 aromatic rings. The van der Waals surface area contributed by atoms with Crippen LogP contribution in [0, 0.1) is 13.8 Å². The fraction of sp³-hybridized carbons (Fsp3) is 0.308. The first-order valence-electron chi connectivity index (χ1n) is 6.16. The first kappa shape index (κ1) is 15.0. The monoisotopic (exact) mass is 311 g/mol. The van der Waals surface area contributed by atoms with E-state index in [1.807, 2.05) is 12.3 Å². The smallest absolute Gasteiger partial charge is 0.242 e. The lowest BCUT2D eigenvalue weighted by atomic mass is 10.2. The number of nitrogens with two attached hydrogens (primary N) is 1. The van der Waals surface area contributed by atoms with Crippen LogP contribution in [-0.2, 0) is 16.4 Å². The Bertz CT molecular complexity index is 688. The molecule has 1 heterocycles. The van der Waals surface area contributed by atoms with Crippen molar-refractivity contribution in [2.24, 2.45) is 0 Å². The molecule has 1 aromatic heterocycles. The maximum atomic E-state index is 12.3. The highest BCUT2D eigenvalue weighted by Crippen LogP contribution is 2.21. The van der Waals surface area contributed by atoms with Crippen molar-refractivity contribution in [1.29, 1.82) is 0 Å². The first-order valence-corrected chi connectivity index (χ1v) is 8.52. The van der Waals surface area contributed by atoms with Gasteiger partial charge in [0.2, 0.25) is 10.0 Å². The van der Waals surface area contributed by atoms with Gasteiger partial charge in [-0.2, -0.15) is 0 Å². The second kappa shape index (κ2) is 5.90. The van der Waals surface area contributed by atoms with E-state index in [2.05, 4.69) is 9.71 Å². The van der Waals surface area contributed by atoms with Gasteiger partial charge in [0, 0.05) is 24.0 Å². The predicted octanol–water partition coefficient (Wildman–Crippen LogP) is 1.86. The molecule has 2 rings (SSSR count). The third-order valence-corrected chi connectivity index (χ3v) is 5.51. The summed E-state index contributed by atoms with van der Waals surface area (Å²) >= 11 is 1.53. The van der Waals surface area contributed by atoms with Gasteiger partial charge in [-0.25, -0.2) is 18.1 Å². The average molecular weight is 311 g/mol. The summed E-state index contributed by atoms with van der Waals surface area (Å²) in [5.41, 5.74) is 7.63. The van der Waals surface area contributed by atoms with Crippen LogP contribution in [0.1, 0.15) is 16.3 Å². The quantitative estimate of drug-likeness (QED) is 0.825. The van der Waals surface area contributed by atoms with Crippen molar-refractivity contribution in [2.75, 3.05) is 12.3 Å². The molecular weight excluding hydrogens is 294 g/mol. The van der Waals surface area contributed by atoms with Gasteiger partial charge in [-0.15, -0.1) is 11.3 Å². The van der Waals surface area contributed by atoms with Crippen molar-refractivity contribution in [1.82, 2.24) is 9.71 Å². The molecule has 20 heavy (non-hydrogen) atoms. The molecule has 3 N–H and O–H groups in total. The molecule has 7 heteroatoms. The van der Waals surface area contributed by atoms with Crippen LogP contribution < -0.4 is 10.5 Å². The van der Waals surface area contributed by atoms with Crippen LogP contribution in [0.5, 0.6) is 0 Å². The number of aromatic nitrogens is 1. The van der Waals surface area contributed by atoms with Gasteiger partial charge in [0.25, 0.3) is 0 Å². The van der Waals surface area contributed by atoms with Crippen LogP contribution in [0.15, 0.2) is 28.5 Å². The summed E-state index contributed by atoms with van der Waals surface area (Å²) in [6.45, 7) is 3.95. The van der Waals surface area contributed by atoms with Gasteiger partial charge in [-0.1, -0.05) is 12.1 Å². The van der Waals surface area contributed by atoms with Gasteiger partial charge in [0.05, 0.1) is 10.7 Å². The van der Waals surface area contributed by atoms with E-state index >= 15 is 0 Å². The van der Waals surface area contributed by atoms with E-state index in [1.165, 1.54) is 11.3 Å². The van der Waals surface area contributed by atoms with E-state index in [-0.39, 0.29) is 10.6 Å². The largest absolute Gasteiger partial charge is 0.398 e. The van der Waals surface area contributed by atoms with E-state index in [0.29, 0.717) is 18.5 Å². The Morgan fingerprint density at radius 1 is 1.35 bits per heavy atom. The summed E-state index contributed by atoms with van der Waals surface area (Å²) in [6, 6.07) is 5.06. The Labute approximate surface area is 122 Å². The predicted molar refractivity (Wildman–Crippen MR) is 81.3 cm³/mol. The molecule has 0 atom stereocenters. The fourth-order valence-electron chi connectivity index (χ4n) is 1.92. The third-order valence-electron chi connectivity index (χ3n) is 2.81. The number of nitrogens with zero attached hydrogens (tertiary/aromatic N) is 1. The van der Waals surface area contributed by atoms with Gasteiger partial charge < -0.3 is 5.73 Å². The zero-order valence-corrected chi connectivity index (χ0v) is 13.0. The van der Waals surface area contributed by atoms with Gasteiger partial charge in [-0.05, 0) is 25.5 Å². The molecule has 0 aliphatic carbocycles. The summed E-state index contributed by atoms with van der Waals surface area (Å²) in [6.07, 6.45) is 0.573. The summed E-state index contributed by atoms with van der Waals surface area (Å²) in [5.74, 6) is 0. The standard InChI is InChI=1S/C13H17N3O2S2/c1-9-4-3-5-11(14)13(9)20(17,18)15-7-6-12-16-10(2)8-19-12/h3-5,8,15H,6-7,14H2,1-2H3. The highest BCUT2D eigenvalue weighted by molar-refractivity contribution is 7.89. The average Bonchev–Trinajstić information content (AvgIpc) is 2.74. The maximum absolute atomic E-state index is 12.3. The van der Waals surface area contributed by atoms with E-state index in [9.17, 15) is 8.42 Å². The lowest BCUT2D eigenvalue weighted by Gasteiger charge is -2.11. The minimum atomic E-state index is -3.58. The molecule has 0 amide bonds. The second-order valence-electron chi connectivity index (χ2n) is 4.52. The summed E-state index contributed by atoms with van der Waals surface area (Å²) in [5, 5.41) is 2.87. The first-order chi connectivity index (χ1) is 9.40. The van der Waals surface area contributed by atoms with E-state index in [4.69, 9.17) is 5.73 Å². The summed E-state index contributed by atoms with van der Waals surface area (Å²) in [4.78, 5) is 4.46. The Hall–Kier alpha value is -1.44. The van der Waals surface area contributed by atoms with Crippen molar-refractivity contribution in [3.8, 4) is 0 Å². The lowest BCUT2D eigenvalue weighted by molar-refractivity contribution is 0.581. The number of benzene rings is 1. The van der Waals surface area contributed by atoms with Gasteiger partial charge in [0.15, 0.2) is 0 Å². The maximum Gasteiger partial charge on any atom is 0.242 e. The van der Waals surface area contributed by atoms with Crippen LogP contribution in [0.4, 0.5) is 5.69 Å². The van der Waals surface area contributed by atoms with Gasteiger partial charge in [-0.3, -0.25) is 0 Å². The number of rotatable bonds is 5. The van der Waals surface area contributed by atoms with Gasteiger partial charge in [0.1, 0.15) is 4.90 Å². The Kier molecular flexibility index (Phi) is 4.42. The van der Waals surface area contributed by atoms with E-state index in [0.717, 1.165) is 10.7 Å². The summed E-state index contributed by atoms with van der Waals surface area (Å²) in [7, 11) is -3.58. The molecule has 0 saturated heterocycles. The van der Waals surface area contributed by atoms with Crippen molar-refractivity contribution in [2.45, 2.75) is 25.2 Å². The topological polar surface area (TPSA) is 85.1 Å². The number of thiazole rings is 1. The second-order valence-corrected chi connectivity index (χ2v) is 7.17. The molecule has 0 fully saturated rings. The molecule has 0 aliphatic heterocycles. The van der Waals surface area contributed by atoms with Crippen LogP contribution in [0.25, 0.3) is 0 Å². The lowest BCUT2D eigenvalue weighted by Crippen LogP contribution is -2.27. The Morgan fingerprint density at radius 2 is 2.10 bits per heavy atom. The number of hydrogen-bond acceptors (Lipinski definition) is 5. The number of sulfonamides is 1. The minimum absolute atomic E-state index is 0.162. The van der Waals surface area contributed by atoms with Crippen molar-refractivity contribution >= 4 is 27.0 Å².